The number of aryl methyl sites for hydroxylation is 1. The van der Waals surface area contributed by atoms with Crippen molar-refractivity contribution < 1.29 is 19.0 Å². The number of carbonyl (C=O) groups excluding carboxylic acids is 1. The summed E-state index contributed by atoms with van der Waals surface area (Å²) in [6.07, 6.45) is 1.69. The Hall–Kier alpha value is -4.53. The Bertz CT molecular complexity index is 1360. The van der Waals surface area contributed by atoms with Gasteiger partial charge < -0.3 is 24.8 Å². The van der Waals surface area contributed by atoms with Crippen LogP contribution in [-0.4, -0.2) is 29.6 Å². The van der Waals surface area contributed by atoms with Crippen molar-refractivity contribution in [2.24, 2.45) is 0 Å². The van der Waals surface area contributed by atoms with Crippen molar-refractivity contribution in [2.75, 3.05) is 24.9 Å². The number of amides is 2. The number of rotatable bonds is 7. The summed E-state index contributed by atoms with van der Waals surface area (Å²) in [5, 5.41) is 5.50. The fraction of sp³-hybridized carbons (Fsp3) is 0.160. The molecule has 2 heterocycles. The van der Waals surface area contributed by atoms with E-state index >= 15 is 0 Å². The monoisotopic (exact) mass is 460 g/mol. The summed E-state index contributed by atoms with van der Waals surface area (Å²) in [4.78, 5) is 29.2. The second kappa shape index (κ2) is 9.95. The lowest BCUT2D eigenvalue weighted by Crippen LogP contribution is -2.19. The fourth-order valence-electron chi connectivity index (χ4n) is 3.35. The van der Waals surface area contributed by atoms with Crippen LogP contribution in [0.1, 0.15) is 11.3 Å². The molecule has 0 radical (unpaired) electrons. The molecule has 4 rings (SSSR count). The molecule has 0 saturated carbocycles. The van der Waals surface area contributed by atoms with Gasteiger partial charge in [-0.05, 0) is 42.8 Å². The smallest absolute Gasteiger partial charge is 0.323 e. The van der Waals surface area contributed by atoms with Crippen molar-refractivity contribution in [1.82, 2.24) is 9.38 Å². The van der Waals surface area contributed by atoms with Crippen LogP contribution in [0.3, 0.4) is 0 Å². The molecule has 0 spiro atoms. The minimum absolute atomic E-state index is 0.144. The van der Waals surface area contributed by atoms with Gasteiger partial charge in [-0.15, -0.1) is 0 Å². The first kappa shape index (κ1) is 22.7. The van der Waals surface area contributed by atoms with Gasteiger partial charge in [0.15, 0.2) is 0 Å². The molecular formula is C25H24N4O5. The van der Waals surface area contributed by atoms with Gasteiger partial charge in [0.05, 0.1) is 19.9 Å². The van der Waals surface area contributed by atoms with E-state index in [9.17, 15) is 9.59 Å². The van der Waals surface area contributed by atoms with Gasteiger partial charge in [-0.3, -0.25) is 9.20 Å². The summed E-state index contributed by atoms with van der Waals surface area (Å²) in [7, 11) is 3.08. The Balaban J connectivity index is 1.37. The molecule has 0 aliphatic rings. The number of hydrogen-bond donors (Lipinski definition) is 2. The summed E-state index contributed by atoms with van der Waals surface area (Å²) in [6.45, 7) is 2.05. The van der Waals surface area contributed by atoms with Crippen molar-refractivity contribution in [3.8, 4) is 17.2 Å². The molecule has 9 nitrogen and oxygen atoms in total. The molecule has 0 atom stereocenters. The first-order valence-corrected chi connectivity index (χ1v) is 10.5. The lowest BCUT2D eigenvalue weighted by Gasteiger charge is -2.11. The normalized spacial score (nSPS) is 10.6. The fourth-order valence-corrected chi connectivity index (χ4v) is 3.35. The second-order valence-electron chi connectivity index (χ2n) is 7.46. The molecule has 0 unspecified atom stereocenters. The van der Waals surface area contributed by atoms with E-state index in [0.29, 0.717) is 40.0 Å². The zero-order valence-corrected chi connectivity index (χ0v) is 19.0. The quantitative estimate of drug-likeness (QED) is 0.428. The molecule has 4 aromatic rings. The lowest BCUT2D eigenvalue weighted by molar-refractivity contribution is 0.262. The van der Waals surface area contributed by atoms with Gasteiger partial charge in [-0.1, -0.05) is 6.07 Å². The summed E-state index contributed by atoms with van der Waals surface area (Å²) in [5.41, 5.74) is 3.00. The molecular weight excluding hydrogens is 436 g/mol. The highest BCUT2D eigenvalue weighted by molar-refractivity contribution is 6.00. The molecule has 0 bridgehead atoms. The molecule has 0 aliphatic heterocycles. The van der Waals surface area contributed by atoms with Crippen LogP contribution < -0.4 is 30.4 Å². The van der Waals surface area contributed by atoms with Crippen LogP contribution in [0.5, 0.6) is 17.2 Å². The maximum Gasteiger partial charge on any atom is 0.323 e. The van der Waals surface area contributed by atoms with Gasteiger partial charge in [0.25, 0.3) is 5.56 Å². The van der Waals surface area contributed by atoms with Crippen LogP contribution in [0.4, 0.5) is 16.2 Å². The molecule has 0 saturated heterocycles. The molecule has 9 heteroatoms. The third-order valence-corrected chi connectivity index (χ3v) is 5.05. The van der Waals surface area contributed by atoms with E-state index in [1.165, 1.54) is 24.7 Å². The van der Waals surface area contributed by atoms with Crippen molar-refractivity contribution >= 4 is 23.1 Å². The highest BCUT2D eigenvalue weighted by Crippen LogP contribution is 2.26. The average Bonchev–Trinajstić information content (AvgIpc) is 2.84. The molecule has 0 fully saturated rings. The number of hydrogen-bond acceptors (Lipinski definition) is 6. The standard InChI is InChI=1S/C25H24N4O5/c1-16-5-4-10-29-23(30)13-19(26-24(16)29)15-34-20-8-6-17(7-9-20)27-25(31)28-18-11-21(32-2)14-22(12-18)33-3/h4-14H,15H2,1-3H3,(H2,27,28,31). The predicted molar refractivity (Wildman–Crippen MR) is 129 cm³/mol. The van der Waals surface area contributed by atoms with Crippen LogP contribution in [0.15, 0.2) is 71.7 Å². The topological polar surface area (TPSA) is 103 Å². The largest absolute Gasteiger partial charge is 0.497 e. The first-order chi connectivity index (χ1) is 16.4. The number of methoxy groups -OCH3 is 2. The van der Waals surface area contributed by atoms with Crippen molar-refractivity contribution in [2.45, 2.75) is 13.5 Å². The highest BCUT2D eigenvalue weighted by atomic mass is 16.5. The Morgan fingerprint density at radius 2 is 1.59 bits per heavy atom. The van der Waals surface area contributed by atoms with E-state index in [4.69, 9.17) is 14.2 Å². The number of carbonyl (C=O) groups is 1. The average molecular weight is 460 g/mol. The highest BCUT2D eigenvalue weighted by Gasteiger charge is 2.08. The molecule has 2 N–H and O–H groups in total. The zero-order valence-electron chi connectivity index (χ0n) is 19.0. The minimum Gasteiger partial charge on any atom is -0.497 e. The summed E-state index contributed by atoms with van der Waals surface area (Å²) < 4.78 is 17.7. The van der Waals surface area contributed by atoms with Gasteiger partial charge in [-0.2, -0.15) is 0 Å². The Kier molecular flexibility index (Phi) is 6.63. The minimum atomic E-state index is -0.416. The third-order valence-electron chi connectivity index (χ3n) is 5.05. The number of aromatic nitrogens is 2. The summed E-state index contributed by atoms with van der Waals surface area (Å²) in [5.74, 6) is 1.71. The molecule has 0 aliphatic carbocycles. The third kappa shape index (κ3) is 5.26. The van der Waals surface area contributed by atoms with Crippen LogP contribution in [0.2, 0.25) is 0 Å². The van der Waals surface area contributed by atoms with Gasteiger partial charge in [0.1, 0.15) is 29.5 Å². The van der Waals surface area contributed by atoms with Crippen LogP contribution >= 0.6 is 0 Å². The first-order valence-electron chi connectivity index (χ1n) is 10.5. The number of anilines is 2. The molecule has 34 heavy (non-hydrogen) atoms. The van der Waals surface area contributed by atoms with Crippen molar-refractivity contribution in [1.29, 1.82) is 0 Å². The van der Waals surface area contributed by atoms with E-state index in [-0.39, 0.29) is 12.2 Å². The van der Waals surface area contributed by atoms with Crippen LogP contribution in [-0.2, 0) is 6.61 Å². The van der Waals surface area contributed by atoms with Gasteiger partial charge in [-0.25, -0.2) is 9.78 Å². The maximum atomic E-state index is 12.4. The van der Waals surface area contributed by atoms with Gasteiger partial charge in [0.2, 0.25) is 0 Å². The van der Waals surface area contributed by atoms with Crippen LogP contribution in [0.25, 0.3) is 5.65 Å². The predicted octanol–water partition coefficient (Wildman–Crippen LogP) is 4.24. The van der Waals surface area contributed by atoms with E-state index in [1.807, 2.05) is 19.1 Å². The van der Waals surface area contributed by atoms with Crippen molar-refractivity contribution in [3.63, 3.8) is 0 Å². The number of nitrogens with zero attached hydrogens (tertiary/aromatic N) is 2. The number of ether oxygens (including phenoxy) is 3. The van der Waals surface area contributed by atoms with Gasteiger partial charge in [0, 0.05) is 41.8 Å². The Morgan fingerprint density at radius 1 is 0.912 bits per heavy atom. The number of nitrogens with one attached hydrogen (secondary N) is 2. The summed E-state index contributed by atoms with van der Waals surface area (Å²) in [6, 6.07) is 16.7. The van der Waals surface area contributed by atoms with Gasteiger partial charge >= 0.3 is 6.03 Å². The van der Waals surface area contributed by atoms with Crippen LogP contribution in [0, 0.1) is 6.92 Å². The van der Waals surface area contributed by atoms with E-state index in [0.717, 1.165) is 5.56 Å². The number of urea groups is 1. The van der Waals surface area contributed by atoms with E-state index < -0.39 is 6.03 Å². The SMILES string of the molecule is COc1cc(NC(=O)Nc2ccc(OCc3cc(=O)n4cccc(C)c4n3)cc2)cc(OC)c1. The number of pyridine rings is 1. The molecule has 2 aromatic carbocycles. The van der Waals surface area contributed by atoms with Crippen molar-refractivity contribution in [3.05, 3.63) is 88.5 Å². The number of benzene rings is 2. The van der Waals surface area contributed by atoms with E-state index in [2.05, 4.69) is 15.6 Å². The molecule has 2 amide bonds. The zero-order chi connectivity index (χ0) is 24.1. The van der Waals surface area contributed by atoms with E-state index in [1.54, 1.807) is 48.7 Å². The lowest BCUT2D eigenvalue weighted by atomic mass is 10.2. The Morgan fingerprint density at radius 3 is 2.26 bits per heavy atom. The number of fused-ring (bicyclic) bond motifs is 1. The molecule has 2 aromatic heterocycles. The molecule has 174 valence electrons. The Labute approximate surface area is 195 Å². The maximum absolute atomic E-state index is 12.4. The second-order valence-corrected chi connectivity index (χ2v) is 7.46. The summed E-state index contributed by atoms with van der Waals surface area (Å²) >= 11 is 0.